The minimum atomic E-state index is -3.04. The Labute approximate surface area is 212 Å². The van der Waals surface area contributed by atoms with Gasteiger partial charge < -0.3 is 9.53 Å². The summed E-state index contributed by atoms with van der Waals surface area (Å²) >= 11 is 0. The Morgan fingerprint density at radius 3 is 1.54 bits per heavy atom. The van der Waals surface area contributed by atoms with Crippen molar-refractivity contribution in [3.05, 3.63) is 103 Å². The van der Waals surface area contributed by atoms with Gasteiger partial charge in [-0.05, 0) is 22.3 Å². The van der Waals surface area contributed by atoms with E-state index < -0.39 is 28.5 Å². The Kier molecular flexibility index (Phi) is 8.36. The molecule has 0 fully saturated rings. The van der Waals surface area contributed by atoms with Gasteiger partial charge in [0.2, 0.25) is 0 Å². The van der Waals surface area contributed by atoms with Crippen LogP contribution in [0.25, 0.3) is 0 Å². The molecule has 0 heterocycles. The molecule has 0 bridgehead atoms. The molecule has 35 heavy (non-hydrogen) atoms. The van der Waals surface area contributed by atoms with Crippen LogP contribution in [0.5, 0.6) is 0 Å². The van der Waals surface area contributed by atoms with Gasteiger partial charge in [0.25, 0.3) is 8.32 Å². The van der Waals surface area contributed by atoms with Crippen LogP contribution in [0.3, 0.4) is 0 Å². The van der Waals surface area contributed by atoms with Gasteiger partial charge in [0, 0.05) is 5.54 Å². The van der Waals surface area contributed by atoms with Gasteiger partial charge in [0.15, 0.2) is 0 Å². The van der Waals surface area contributed by atoms with Crippen LogP contribution >= 0.6 is 0 Å². The molecule has 0 saturated carbocycles. The number of carboxylic acids is 1. The van der Waals surface area contributed by atoms with Gasteiger partial charge in [0.1, 0.15) is 6.10 Å². The smallest absolute Gasteiger partial charge is 0.331 e. The van der Waals surface area contributed by atoms with Gasteiger partial charge in [-0.1, -0.05) is 142 Å². The van der Waals surface area contributed by atoms with Gasteiger partial charge >= 0.3 is 5.97 Å². The number of hydrogen-bond acceptors (Lipinski definition) is 2. The summed E-state index contributed by atoms with van der Waals surface area (Å²) < 4.78 is 7.18. The van der Waals surface area contributed by atoms with Gasteiger partial charge in [-0.2, -0.15) is 0 Å². The van der Waals surface area contributed by atoms with Crippen LogP contribution in [-0.2, 0) is 9.22 Å². The Morgan fingerprint density at radius 2 is 1.20 bits per heavy atom. The maximum Gasteiger partial charge on any atom is 0.331 e. The average Bonchev–Trinajstić information content (AvgIpc) is 2.84. The minimum absolute atomic E-state index is 0.242. The fourth-order valence-electron chi connectivity index (χ4n) is 5.15. The molecule has 0 aliphatic heterocycles. The van der Waals surface area contributed by atoms with E-state index in [1.165, 1.54) is 5.19 Å². The first-order chi connectivity index (χ1) is 16.6. The molecule has 2 atom stereocenters. The topological polar surface area (TPSA) is 46.5 Å². The van der Waals surface area contributed by atoms with Crippen molar-refractivity contribution in [3.8, 4) is 0 Å². The van der Waals surface area contributed by atoms with Crippen molar-refractivity contribution >= 4 is 37.9 Å². The molecular formula is C30H38O3Si2. The third-order valence-electron chi connectivity index (χ3n) is 7.04. The summed E-state index contributed by atoms with van der Waals surface area (Å²) in [4.78, 5) is 13.0. The molecule has 0 unspecified atom stereocenters. The van der Waals surface area contributed by atoms with Crippen LogP contribution in [0, 0.1) is 0 Å². The molecule has 0 aliphatic carbocycles. The fraction of sp³-hybridized carbons (Fsp3) is 0.300. The van der Waals surface area contributed by atoms with E-state index in [9.17, 15) is 9.90 Å². The lowest BCUT2D eigenvalue weighted by Gasteiger charge is -2.47. The summed E-state index contributed by atoms with van der Waals surface area (Å²) in [6, 6.07) is 30.9. The molecule has 3 aromatic rings. The Morgan fingerprint density at radius 1 is 0.800 bits per heavy atom. The third-order valence-corrected chi connectivity index (χ3v) is 16.0. The monoisotopic (exact) mass is 502 g/mol. The normalized spacial score (nSPS) is 14.6. The molecule has 3 nitrogen and oxygen atoms in total. The molecule has 1 N–H and O–H groups in total. The molecule has 0 amide bonds. The lowest BCUT2D eigenvalue weighted by atomic mass is 10.2. The summed E-state index contributed by atoms with van der Waals surface area (Å²) in [5.41, 5.74) is -0.242. The maximum atomic E-state index is 13.0. The molecule has 184 valence electrons. The minimum Gasteiger partial charge on any atom is -0.479 e. The number of aliphatic carboxylic acids is 1. The van der Waals surface area contributed by atoms with E-state index in [1.54, 1.807) is 0 Å². The predicted molar refractivity (Wildman–Crippen MR) is 152 cm³/mol. The average molecular weight is 503 g/mol. The number of carbonyl (C=O) groups is 1. The molecule has 3 rings (SSSR count). The highest BCUT2D eigenvalue weighted by molar-refractivity contribution is 6.99. The highest BCUT2D eigenvalue weighted by atomic mass is 28.4. The standard InChI is InChI=1S/C30H38O3Si2/c1-7-17-27(34(5,6)24-18-11-8-12-19-24)28(29(31)32)33-35(30(2,3)4,25-20-13-9-14-21-25)26-22-15-10-16-23-26/h7-23,27-28H,1-6H3,(H,31,32)/b17-7+/t27-,28-/m1/s1. The van der Waals surface area contributed by atoms with E-state index in [-0.39, 0.29) is 10.6 Å². The van der Waals surface area contributed by atoms with Gasteiger partial charge in [0.05, 0.1) is 8.07 Å². The maximum absolute atomic E-state index is 13.0. The van der Waals surface area contributed by atoms with Gasteiger partial charge in [-0.15, -0.1) is 0 Å². The first kappa shape index (κ1) is 26.9. The van der Waals surface area contributed by atoms with Crippen LogP contribution in [0.2, 0.25) is 23.7 Å². The molecule has 0 aliphatic rings. The third kappa shape index (κ3) is 5.42. The van der Waals surface area contributed by atoms with E-state index in [0.29, 0.717) is 0 Å². The SMILES string of the molecule is C/C=C/[C@H]([C@@H](O[Si](c1ccccc1)(c1ccccc1)C(C)(C)C)C(=O)O)[Si](C)(C)c1ccccc1. The lowest BCUT2D eigenvalue weighted by Crippen LogP contribution is -2.69. The van der Waals surface area contributed by atoms with Crippen LogP contribution in [0.1, 0.15) is 27.7 Å². The van der Waals surface area contributed by atoms with Crippen molar-refractivity contribution in [2.75, 3.05) is 0 Å². The lowest BCUT2D eigenvalue weighted by molar-refractivity contribution is -0.145. The number of benzene rings is 3. The zero-order valence-electron chi connectivity index (χ0n) is 21.7. The molecule has 0 spiro atoms. The quantitative estimate of drug-likeness (QED) is 0.307. The largest absolute Gasteiger partial charge is 0.479 e. The van der Waals surface area contributed by atoms with Crippen molar-refractivity contribution in [2.24, 2.45) is 0 Å². The van der Waals surface area contributed by atoms with Crippen molar-refractivity contribution in [1.29, 1.82) is 0 Å². The van der Waals surface area contributed by atoms with Crippen molar-refractivity contribution in [3.63, 3.8) is 0 Å². The summed E-state index contributed by atoms with van der Waals surface area (Å²) in [6.07, 6.45) is 3.07. The first-order valence-corrected chi connectivity index (χ1v) is 17.2. The molecule has 0 radical (unpaired) electrons. The summed E-state index contributed by atoms with van der Waals surface area (Å²) in [6.45, 7) is 13.0. The summed E-state index contributed by atoms with van der Waals surface area (Å²) in [5, 5.41) is 13.8. The molecule has 3 aromatic carbocycles. The van der Waals surface area contributed by atoms with Gasteiger partial charge in [-0.25, -0.2) is 4.79 Å². The van der Waals surface area contributed by atoms with Crippen LogP contribution < -0.4 is 15.6 Å². The Hall–Kier alpha value is -2.74. The second kappa shape index (κ2) is 10.9. The fourth-order valence-corrected chi connectivity index (χ4v) is 13.0. The van der Waals surface area contributed by atoms with E-state index in [1.807, 2.05) is 67.6 Å². The highest BCUT2D eigenvalue weighted by Crippen LogP contribution is 2.40. The Bertz CT molecular complexity index is 1080. The highest BCUT2D eigenvalue weighted by Gasteiger charge is 2.54. The van der Waals surface area contributed by atoms with E-state index in [0.717, 1.165) is 10.4 Å². The molecular weight excluding hydrogens is 464 g/mol. The van der Waals surface area contributed by atoms with Crippen LogP contribution in [0.15, 0.2) is 103 Å². The van der Waals surface area contributed by atoms with Gasteiger partial charge in [-0.3, -0.25) is 0 Å². The number of carboxylic acid groups (broad SMARTS) is 1. The molecule has 0 saturated heterocycles. The number of rotatable bonds is 9. The second-order valence-corrected chi connectivity index (χ2v) is 19.6. The van der Waals surface area contributed by atoms with Crippen molar-refractivity contribution < 1.29 is 14.3 Å². The Balaban J connectivity index is 2.26. The summed E-state index contributed by atoms with van der Waals surface area (Å²) in [7, 11) is -5.33. The summed E-state index contributed by atoms with van der Waals surface area (Å²) in [5.74, 6) is -0.905. The molecule has 0 aromatic heterocycles. The molecule has 5 heteroatoms. The number of hydrogen-bond donors (Lipinski definition) is 1. The van der Waals surface area contributed by atoms with Crippen molar-refractivity contribution in [2.45, 2.75) is 57.5 Å². The predicted octanol–water partition coefficient (Wildman–Crippen LogP) is 5.58. The number of allylic oxidation sites excluding steroid dienone is 1. The first-order valence-electron chi connectivity index (χ1n) is 12.3. The van der Waals surface area contributed by atoms with Crippen molar-refractivity contribution in [1.82, 2.24) is 0 Å². The van der Waals surface area contributed by atoms with E-state index >= 15 is 0 Å². The van der Waals surface area contributed by atoms with Crippen LogP contribution in [0.4, 0.5) is 0 Å². The van der Waals surface area contributed by atoms with E-state index in [4.69, 9.17) is 4.43 Å². The zero-order valence-corrected chi connectivity index (χ0v) is 23.7. The second-order valence-electron chi connectivity index (χ2n) is 10.7. The zero-order chi connectivity index (χ0) is 25.7. The van der Waals surface area contributed by atoms with Crippen LogP contribution in [-0.4, -0.2) is 33.6 Å². The van der Waals surface area contributed by atoms with E-state index in [2.05, 4.69) is 76.3 Å².